The Hall–Kier alpha value is 0.580. The molecular formula is C7H11BrF3NS. The molecule has 78 valence electrons. The molecule has 0 spiro atoms. The van der Waals surface area contributed by atoms with Gasteiger partial charge in [0.2, 0.25) is 0 Å². The van der Waals surface area contributed by atoms with Crippen LogP contribution in [0.4, 0.5) is 13.2 Å². The summed E-state index contributed by atoms with van der Waals surface area (Å²) in [6, 6.07) is 0. The normalized spacial score (nSPS) is 23.1. The van der Waals surface area contributed by atoms with Crippen LogP contribution in [0.5, 0.6) is 0 Å². The SMILES string of the molecule is FC(F)(F)C(Br)CN1CCSCC1. The Kier molecular flexibility index (Phi) is 4.38. The molecule has 1 atom stereocenters. The van der Waals surface area contributed by atoms with E-state index in [1.165, 1.54) is 0 Å². The van der Waals surface area contributed by atoms with Gasteiger partial charge in [0, 0.05) is 31.1 Å². The predicted octanol–water partition coefficient (Wildman–Crippen LogP) is 2.36. The molecule has 0 aromatic carbocycles. The van der Waals surface area contributed by atoms with Crippen molar-refractivity contribution in [3.63, 3.8) is 0 Å². The number of alkyl halides is 4. The van der Waals surface area contributed by atoms with Crippen LogP contribution < -0.4 is 0 Å². The quantitative estimate of drug-likeness (QED) is 0.713. The van der Waals surface area contributed by atoms with Crippen LogP contribution in [0.25, 0.3) is 0 Å². The second-order valence-electron chi connectivity index (χ2n) is 2.92. The second kappa shape index (κ2) is 4.89. The van der Waals surface area contributed by atoms with Gasteiger partial charge < -0.3 is 4.90 Å². The van der Waals surface area contributed by atoms with Crippen LogP contribution in [0.3, 0.4) is 0 Å². The summed E-state index contributed by atoms with van der Waals surface area (Å²) in [5, 5.41) is 0. The summed E-state index contributed by atoms with van der Waals surface area (Å²) in [5.41, 5.74) is 0. The highest BCUT2D eigenvalue weighted by Crippen LogP contribution is 2.27. The summed E-state index contributed by atoms with van der Waals surface area (Å²) in [6.45, 7) is 1.61. The van der Waals surface area contributed by atoms with Crippen LogP contribution in [-0.2, 0) is 0 Å². The minimum Gasteiger partial charge on any atom is -0.300 e. The molecule has 13 heavy (non-hydrogen) atoms. The van der Waals surface area contributed by atoms with Crippen LogP contribution in [0.1, 0.15) is 0 Å². The fourth-order valence-corrected chi connectivity index (χ4v) is 2.50. The number of hydrogen-bond acceptors (Lipinski definition) is 2. The molecule has 1 nitrogen and oxygen atoms in total. The van der Waals surface area contributed by atoms with Gasteiger partial charge in [0.15, 0.2) is 0 Å². The van der Waals surface area contributed by atoms with Gasteiger partial charge in [0.25, 0.3) is 0 Å². The number of hydrogen-bond donors (Lipinski definition) is 0. The molecule has 0 bridgehead atoms. The van der Waals surface area contributed by atoms with E-state index in [0.717, 1.165) is 24.6 Å². The first-order chi connectivity index (χ1) is 6.00. The van der Waals surface area contributed by atoms with E-state index in [-0.39, 0.29) is 6.54 Å². The van der Waals surface area contributed by atoms with Gasteiger partial charge in [-0.2, -0.15) is 24.9 Å². The van der Waals surface area contributed by atoms with Crippen molar-refractivity contribution in [2.24, 2.45) is 0 Å². The van der Waals surface area contributed by atoms with Gasteiger partial charge in [0.05, 0.1) is 0 Å². The molecule has 0 saturated carbocycles. The van der Waals surface area contributed by atoms with E-state index < -0.39 is 11.0 Å². The van der Waals surface area contributed by atoms with Crippen molar-refractivity contribution in [1.29, 1.82) is 0 Å². The lowest BCUT2D eigenvalue weighted by Gasteiger charge is -2.28. The summed E-state index contributed by atoms with van der Waals surface area (Å²) in [5.74, 6) is 1.88. The topological polar surface area (TPSA) is 3.24 Å². The average Bonchev–Trinajstić information content (AvgIpc) is 2.04. The van der Waals surface area contributed by atoms with Gasteiger partial charge in [-0.3, -0.25) is 0 Å². The highest BCUT2D eigenvalue weighted by molar-refractivity contribution is 9.09. The standard InChI is InChI=1S/C7H11BrF3NS/c8-6(7(9,10)11)5-12-1-3-13-4-2-12/h6H,1-5H2. The maximum absolute atomic E-state index is 12.1. The lowest BCUT2D eigenvalue weighted by molar-refractivity contribution is -0.130. The van der Waals surface area contributed by atoms with Crippen LogP contribution in [0, 0.1) is 0 Å². The van der Waals surface area contributed by atoms with Gasteiger partial charge in [0.1, 0.15) is 4.83 Å². The highest BCUT2D eigenvalue weighted by atomic mass is 79.9. The second-order valence-corrected chi connectivity index (χ2v) is 5.25. The molecule has 1 fully saturated rings. The van der Waals surface area contributed by atoms with Crippen molar-refractivity contribution in [3.8, 4) is 0 Å². The highest BCUT2D eigenvalue weighted by Gasteiger charge is 2.38. The molecule has 0 N–H and O–H groups in total. The minimum atomic E-state index is -4.12. The van der Waals surface area contributed by atoms with Gasteiger partial charge in [-0.15, -0.1) is 0 Å². The van der Waals surface area contributed by atoms with E-state index in [4.69, 9.17) is 0 Å². The van der Waals surface area contributed by atoms with E-state index in [2.05, 4.69) is 15.9 Å². The van der Waals surface area contributed by atoms with Crippen molar-refractivity contribution in [2.75, 3.05) is 31.1 Å². The van der Waals surface area contributed by atoms with Crippen LogP contribution >= 0.6 is 27.7 Å². The molecule has 1 aliphatic heterocycles. The van der Waals surface area contributed by atoms with Gasteiger partial charge in [-0.05, 0) is 0 Å². The predicted molar refractivity (Wildman–Crippen MR) is 52.5 cm³/mol. The van der Waals surface area contributed by atoms with Crippen molar-refractivity contribution in [3.05, 3.63) is 0 Å². The third kappa shape index (κ3) is 4.08. The fraction of sp³-hybridized carbons (Fsp3) is 1.00. The molecule has 1 unspecified atom stereocenters. The fourth-order valence-electron chi connectivity index (χ4n) is 1.11. The molecule has 1 aliphatic rings. The molecule has 0 aliphatic carbocycles. The Morgan fingerprint density at radius 1 is 1.31 bits per heavy atom. The number of thioether (sulfide) groups is 1. The lowest BCUT2D eigenvalue weighted by atomic mass is 10.3. The van der Waals surface area contributed by atoms with Crippen molar-refractivity contribution < 1.29 is 13.2 Å². The van der Waals surface area contributed by atoms with Gasteiger partial charge in [-0.25, -0.2) is 0 Å². The first kappa shape index (κ1) is 11.7. The summed E-state index contributed by atoms with van der Waals surface area (Å²) in [6.07, 6.45) is -4.12. The van der Waals surface area contributed by atoms with Crippen LogP contribution in [0.2, 0.25) is 0 Å². The van der Waals surface area contributed by atoms with Crippen molar-refractivity contribution in [2.45, 2.75) is 11.0 Å². The molecule has 0 aromatic heterocycles. The van der Waals surface area contributed by atoms with E-state index in [0.29, 0.717) is 0 Å². The number of halogens is 4. The Labute approximate surface area is 88.2 Å². The van der Waals surface area contributed by atoms with E-state index >= 15 is 0 Å². The van der Waals surface area contributed by atoms with Crippen molar-refractivity contribution >= 4 is 27.7 Å². The third-order valence-corrected chi connectivity index (χ3v) is 3.63. The smallest absolute Gasteiger partial charge is 0.300 e. The maximum atomic E-state index is 12.1. The summed E-state index contributed by atoms with van der Waals surface area (Å²) >= 11 is 4.46. The monoisotopic (exact) mass is 277 g/mol. The van der Waals surface area contributed by atoms with Gasteiger partial charge in [-0.1, -0.05) is 15.9 Å². The summed E-state index contributed by atoms with van der Waals surface area (Å²) in [7, 11) is 0. The molecule has 1 saturated heterocycles. The average molecular weight is 278 g/mol. The zero-order valence-corrected chi connectivity index (χ0v) is 9.38. The third-order valence-electron chi connectivity index (χ3n) is 1.88. The Morgan fingerprint density at radius 2 is 1.85 bits per heavy atom. The Bertz CT molecular complexity index is 158. The summed E-state index contributed by atoms with van der Waals surface area (Å²) in [4.78, 5) is 0.465. The van der Waals surface area contributed by atoms with E-state index in [1.807, 2.05) is 4.90 Å². The molecule has 1 rings (SSSR count). The first-order valence-electron chi connectivity index (χ1n) is 4.01. The van der Waals surface area contributed by atoms with E-state index in [1.54, 1.807) is 11.8 Å². The summed E-state index contributed by atoms with van der Waals surface area (Å²) < 4.78 is 36.4. The van der Waals surface area contributed by atoms with E-state index in [9.17, 15) is 13.2 Å². The number of rotatable bonds is 2. The zero-order valence-electron chi connectivity index (χ0n) is 6.98. The minimum absolute atomic E-state index is 0.0735. The maximum Gasteiger partial charge on any atom is 0.402 e. The Morgan fingerprint density at radius 3 is 2.31 bits per heavy atom. The Balaban J connectivity index is 2.30. The molecule has 6 heteroatoms. The zero-order chi connectivity index (χ0) is 9.90. The molecule has 0 aromatic rings. The largest absolute Gasteiger partial charge is 0.402 e. The lowest BCUT2D eigenvalue weighted by Crippen LogP contribution is -2.41. The molecule has 1 heterocycles. The molecule has 0 amide bonds. The number of nitrogens with zero attached hydrogens (tertiary/aromatic N) is 1. The van der Waals surface area contributed by atoms with Crippen LogP contribution in [-0.4, -0.2) is 47.0 Å². The molecular weight excluding hydrogens is 267 g/mol. The van der Waals surface area contributed by atoms with Crippen molar-refractivity contribution in [1.82, 2.24) is 4.90 Å². The van der Waals surface area contributed by atoms with Gasteiger partial charge >= 0.3 is 6.18 Å². The van der Waals surface area contributed by atoms with Crippen LogP contribution in [0.15, 0.2) is 0 Å². The molecule has 0 radical (unpaired) electrons. The first-order valence-corrected chi connectivity index (χ1v) is 6.08.